The van der Waals surface area contributed by atoms with E-state index in [9.17, 15) is 9.59 Å². The number of nitrogens with zero attached hydrogens (tertiary/aromatic N) is 3. The van der Waals surface area contributed by atoms with E-state index < -0.39 is 0 Å². The van der Waals surface area contributed by atoms with Crippen molar-refractivity contribution < 1.29 is 9.59 Å². The molecule has 5 nitrogen and oxygen atoms in total. The normalized spacial score (nSPS) is 20.2. The molecule has 24 heavy (non-hydrogen) atoms. The van der Waals surface area contributed by atoms with Gasteiger partial charge in [-0.3, -0.25) is 9.59 Å². The van der Waals surface area contributed by atoms with Crippen LogP contribution in [0.5, 0.6) is 0 Å². The average molecular weight is 329 g/mol. The van der Waals surface area contributed by atoms with Gasteiger partial charge in [0, 0.05) is 44.8 Å². The van der Waals surface area contributed by atoms with Gasteiger partial charge >= 0.3 is 0 Å². The van der Waals surface area contributed by atoms with Crippen LogP contribution in [0.2, 0.25) is 0 Å². The molecule has 0 saturated carbocycles. The zero-order chi connectivity index (χ0) is 17.1. The first kappa shape index (κ1) is 16.8. The quantitative estimate of drug-likeness (QED) is 0.852. The van der Waals surface area contributed by atoms with Crippen LogP contribution in [-0.2, 0) is 9.59 Å². The molecule has 3 rings (SSSR count). The van der Waals surface area contributed by atoms with Gasteiger partial charge in [0.15, 0.2) is 0 Å². The van der Waals surface area contributed by atoms with Gasteiger partial charge < -0.3 is 14.7 Å². The number of benzene rings is 1. The molecule has 2 aliphatic rings. The van der Waals surface area contributed by atoms with Gasteiger partial charge in [-0.25, -0.2) is 0 Å². The summed E-state index contributed by atoms with van der Waals surface area (Å²) in [5.74, 6) is 0.212. The molecule has 0 N–H and O–H groups in total. The van der Waals surface area contributed by atoms with Crippen molar-refractivity contribution in [3.8, 4) is 0 Å². The van der Waals surface area contributed by atoms with Gasteiger partial charge in [0.05, 0.1) is 0 Å². The summed E-state index contributed by atoms with van der Waals surface area (Å²) in [6.07, 6.45) is 2.41. The highest BCUT2D eigenvalue weighted by Crippen LogP contribution is 2.22. The second-order valence-corrected chi connectivity index (χ2v) is 6.82. The molecule has 2 heterocycles. The van der Waals surface area contributed by atoms with Crippen molar-refractivity contribution in [1.29, 1.82) is 0 Å². The van der Waals surface area contributed by atoms with E-state index in [0.717, 1.165) is 45.6 Å². The fraction of sp³-hybridized carbons (Fsp3) is 0.579. The number of rotatable bonds is 3. The number of hydrogen-bond donors (Lipinski definition) is 0. The van der Waals surface area contributed by atoms with Crippen LogP contribution in [0.4, 0.5) is 5.69 Å². The molecular formula is C19H27N3O2. The number of carbonyl (C=O) groups is 2. The highest BCUT2D eigenvalue weighted by Gasteiger charge is 2.32. The van der Waals surface area contributed by atoms with Crippen LogP contribution in [-0.4, -0.2) is 60.4 Å². The van der Waals surface area contributed by atoms with Crippen LogP contribution in [0, 0.1) is 6.92 Å². The molecule has 1 aromatic rings. The van der Waals surface area contributed by atoms with Crippen molar-refractivity contribution in [2.45, 2.75) is 39.2 Å². The Kier molecular flexibility index (Phi) is 5.07. The molecular weight excluding hydrogens is 302 g/mol. The van der Waals surface area contributed by atoms with E-state index in [1.165, 1.54) is 11.3 Å². The Morgan fingerprint density at radius 3 is 2.54 bits per heavy atom. The van der Waals surface area contributed by atoms with Gasteiger partial charge in [0.1, 0.15) is 6.04 Å². The van der Waals surface area contributed by atoms with Gasteiger partial charge in [0.25, 0.3) is 0 Å². The minimum atomic E-state index is -0.329. The molecule has 2 aliphatic heterocycles. The van der Waals surface area contributed by atoms with E-state index in [1.807, 2.05) is 11.8 Å². The third kappa shape index (κ3) is 3.40. The molecule has 5 heteroatoms. The molecule has 0 bridgehead atoms. The molecule has 1 atom stereocenters. The van der Waals surface area contributed by atoms with Crippen LogP contribution in [0.25, 0.3) is 0 Å². The summed E-state index contributed by atoms with van der Waals surface area (Å²) in [5.41, 5.74) is 2.53. The van der Waals surface area contributed by atoms with Crippen molar-refractivity contribution >= 4 is 17.5 Å². The fourth-order valence-corrected chi connectivity index (χ4v) is 3.77. The van der Waals surface area contributed by atoms with E-state index >= 15 is 0 Å². The summed E-state index contributed by atoms with van der Waals surface area (Å²) < 4.78 is 0. The van der Waals surface area contributed by atoms with Crippen molar-refractivity contribution in [3.05, 3.63) is 29.8 Å². The lowest BCUT2D eigenvalue weighted by molar-refractivity contribution is -0.142. The van der Waals surface area contributed by atoms with E-state index in [0.29, 0.717) is 6.42 Å². The summed E-state index contributed by atoms with van der Waals surface area (Å²) in [7, 11) is 0. The molecule has 0 spiro atoms. The van der Waals surface area contributed by atoms with E-state index in [-0.39, 0.29) is 17.9 Å². The highest BCUT2D eigenvalue weighted by molar-refractivity contribution is 5.88. The Labute approximate surface area is 144 Å². The number of amides is 2. The van der Waals surface area contributed by atoms with Crippen LogP contribution in [0.15, 0.2) is 24.3 Å². The summed E-state index contributed by atoms with van der Waals surface area (Å²) in [6, 6.07) is 8.08. The van der Waals surface area contributed by atoms with E-state index in [4.69, 9.17) is 0 Å². The second kappa shape index (κ2) is 7.24. The zero-order valence-corrected chi connectivity index (χ0v) is 14.7. The molecule has 0 aromatic heterocycles. The maximum absolute atomic E-state index is 12.8. The van der Waals surface area contributed by atoms with Crippen molar-refractivity contribution in [3.63, 3.8) is 0 Å². The molecule has 2 amide bonds. The molecule has 0 unspecified atom stereocenters. The Morgan fingerprint density at radius 2 is 1.83 bits per heavy atom. The molecule has 0 aliphatic carbocycles. The van der Waals surface area contributed by atoms with Crippen LogP contribution in [0.1, 0.15) is 31.7 Å². The first-order valence-corrected chi connectivity index (χ1v) is 8.97. The van der Waals surface area contributed by atoms with Crippen LogP contribution < -0.4 is 4.90 Å². The molecule has 1 aromatic carbocycles. The van der Waals surface area contributed by atoms with Gasteiger partial charge in [-0.2, -0.15) is 0 Å². The standard InChI is InChI=1S/C19H27N3O2/c1-15-7-3-4-8-17(15)20-10-6-11-21(14-13-20)19(24)16(2)22-12-5-9-18(22)23/h3-4,7-8,16H,5-6,9-14H2,1-2H3/t16-/m0/s1. The molecule has 0 radical (unpaired) electrons. The number of anilines is 1. The predicted molar refractivity (Wildman–Crippen MR) is 95.0 cm³/mol. The Hall–Kier alpha value is -2.04. The Balaban J connectivity index is 1.64. The third-order valence-electron chi connectivity index (χ3n) is 5.20. The van der Waals surface area contributed by atoms with Gasteiger partial charge in [-0.05, 0) is 38.3 Å². The number of likely N-dealkylation sites (tertiary alicyclic amines) is 1. The first-order chi connectivity index (χ1) is 11.6. The highest BCUT2D eigenvalue weighted by atomic mass is 16.2. The maximum Gasteiger partial charge on any atom is 0.245 e. The Bertz CT molecular complexity index is 616. The summed E-state index contributed by atoms with van der Waals surface area (Å²) >= 11 is 0. The van der Waals surface area contributed by atoms with E-state index in [1.54, 1.807) is 4.90 Å². The predicted octanol–water partition coefficient (Wildman–Crippen LogP) is 2.04. The van der Waals surface area contributed by atoms with Crippen LogP contribution >= 0.6 is 0 Å². The van der Waals surface area contributed by atoms with E-state index in [2.05, 4.69) is 36.1 Å². The fourth-order valence-electron chi connectivity index (χ4n) is 3.77. The number of carbonyl (C=O) groups excluding carboxylic acids is 2. The van der Waals surface area contributed by atoms with Crippen molar-refractivity contribution in [2.75, 3.05) is 37.6 Å². The molecule has 130 valence electrons. The minimum absolute atomic E-state index is 0.0943. The van der Waals surface area contributed by atoms with Crippen molar-refractivity contribution in [2.24, 2.45) is 0 Å². The lowest BCUT2D eigenvalue weighted by Crippen LogP contribution is -2.48. The monoisotopic (exact) mass is 329 g/mol. The van der Waals surface area contributed by atoms with Gasteiger partial charge in [-0.1, -0.05) is 18.2 Å². The minimum Gasteiger partial charge on any atom is -0.369 e. The first-order valence-electron chi connectivity index (χ1n) is 8.97. The number of aryl methyl sites for hydroxylation is 1. The lowest BCUT2D eigenvalue weighted by Gasteiger charge is -2.30. The van der Waals surface area contributed by atoms with Gasteiger partial charge in [-0.15, -0.1) is 0 Å². The largest absolute Gasteiger partial charge is 0.369 e. The number of para-hydroxylation sites is 1. The summed E-state index contributed by atoms with van der Waals surface area (Å²) in [5, 5.41) is 0. The average Bonchev–Trinajstić information content (AvgIpc) is 2.86. The smallest absolute Gasteiger partial charge is 0.245 e. The summed E-state index contributed by atoms with van der Waals surface area (Å²) in [6.45, 7) is 8.02. The lowest BCUT2D eigenvalue weighted by atomic mass is 10.2. The second-order valence-electron chi connectivity index (χ2n) is 6.82. The third-order valence-corrected chi connectivity index (χ3v) is 5.20. The Morgan fingerprint density at radius 1 is 1.04 bits per heavy atom. The van der Waals surface area contributed by atoms with Crippen molar-refractivity contribution in [1.82, 2.24) is 9.80 Å². The molecule has 2 fully saturated rings. The van der Waals surface area contributed by atoms with Crippen LogP contribution in [0.3, 0.4) is 0 Å². The summed E-state index contributed by atoms with van der Waals surface area (Å²) in [4.78, 5) is 30.8. The SMILES string of the molecule is Cc1ccccc1N1CCCN(C(=O)[C@H](C)N2CCCC2=O)CC1. The zero-order valence-electron chi connectivity index (χ0n) is 14.7. The number of hydrogen-bond acceptors (Lipinski definition) is 3. The topological polar surface area (TPSA) is 43.9 Å². The maximum atomic E-state index is 12.8. The van der Waals surface area contributed by atoms with Gasteiger partial charge in [0.2, 0.25) is 11.8 Å². The molecule has 2 saturated heterocycles.